The molecule has 2 N–H and O–H groups in total. The van der Waals surface area contributed by atoms with E-state index in [1.54, 1.807) is 18.2 Å². The van der Waals surface area contributed by atoms with Crippen molar-refractivity contribution in [1.29, 1.82) is 0 Å². The van der Waals surface area contributed by atoms with Crippen molar-refractivity contribution in [3.8, 4) is 0 Å². The van der Waals surface area contributed by atoms with Gasteiger partial charge in [-0.05, 0) is 23.3 Å². The fraction of sp³-hybridized carbons (Fsp3) is 0.250. The highest BCUT2D eigenvalue weighted by Gasteiger charge is 1.99. The maximum atomic E-state index is 8.82. The van der Waals surface area contributed by atoms with Crippen LogP contribution < -0.4 is 0 Å². The van der Waals surface area contributed by atoms with Gasteiger partial charge in [-0.1, -0.05) is 18.7 Å². The van der Waals surface area contributed by atoms with Gasteiger partial charge >= 0.3 is 0 Å². The molecular formula is C8H9O2S. The fourth-order valence-electron chi connectivity index (χ4n) is 0.904. The van der Waals surface area contributed by atoms with Crippen LogP contribution in [0.4, 0.5) is 0 Å². The third kappa shape index (κ3) is 1.89. The molecule has 1 radical (unpaired) electrons. The smallest absolute Gasteiger partial charge is 0.0685 e. The Labute approximate surface area is 70.9 Å². The molecule has 59 valence electrons. The van der Waals surface area contributed by atoms with Gasteiger partial charge < -0.3 is 10.2 Å². The molecule has 1 aromatic carbocycles. The van der Waals surface area contributed by atoms with Gasteiger partial charge in [0.25, 0.3) is 0 Å². The Balaban J connectivity index is 3.06. The molecule has 0 atom stereocenters. The Morgan fingerprint density at radius 3 is 2.27 bits per heavy atom. The molecule has 0 aliphatic carbocycles. The average Bonchev–Trinajstić information content (AvgIpc) is 2.04. The largest absolute Gasteiger partial charge is 0.392 e. The molecule has 2 nitrogen and oxygen atoms in total. The first-order valence-corrected chi connectivity index (χ1v) is 3.69. The van der Waals surface area contributed by atoms with Crippen LogP contribution in [-0.4, -0.2) is 10.2 Å². The Bertz CT molecular complexity index is 248. The molecule has 0 spiro atoms. The van der Waals surface area contributed by atoms with Crippen LogP contribution in [0.2, 0.25) is 0 Å². The highest BCUT2D eigenvalue weighted by Crippen LogP contribution is 2.14. The van der Waals surface area contributed by atoms with E-state index in [2.05, 4.69) is 0 Å². The van der Waals surface area contributed by atoms with E-state index >= 15 is 0 Å². The van der Waals surface area contributed by atoms with E-state index < -0.39 is 0 Å². The third-order valence-electron chi connectivity index (χ3n) is 1.52. The van der Waals surface area contributed by atoms with Crippen LogP contribution in [-0.2, 0) is 13.2 Å². The summed E-state index contributed by atoms with van der Waals surface area (Å²) >= 11 is 4.88. The third-order valence-corrected chi connectivity index (χ3v) is 1.77. The average molecular weight is 169 g/mol. The summed E-state index contributed by atoms with van der Waals surface area (Å²) < 4.78 is 0. The Morgan fingerprint density at radius 2 is 1.73 bits per heavy atom. The van der Waals surface area contributed by atoms with Gasteiger partial charge in [0, 0.05) is 4.90 Å². The Kier molecular flexibility index (Phi) is 2.82. The first kappa shape index (κ1) is 8.46. The second-order valence-electron chi connectivity index (χ2n) is 2.25. The topological polar surface area (TPSA) is 40.5 Å². The zero-order chi connectivity index (χ0) is 8.27. The van der Waals surface area contributed by atoms with Crippen molar-refractivity contribution in [3.05, 3.63) is 29.3 Å². The standard InChI is InChI=1S/C8H9O2S/c9-4-6-1-2-8(11)3-7(6)5-10/h1-3,9-10H,4-5H2. The molecule has 1 aromatic rings. The van der Waals surface area contributed by atoms with E-state index in [4.69, 9.17) is 22.8 Å². The van der Waals surface area contributed by atoms with E-state index in [0.717, 1.165) is 5.56 Å². The normalized spacial score (nSPS) is 10.0. The fourth-order valence-corrected chi connectivity index (χ4v) is 1.11. The summed E-state index contributed by atoms with van der Waals surface area (Å²) in [6.07, 6.45) is 0. The van der Waals surface area contributed by atoms with Crippen molar-refractivity contribution < 1.29 is 10.2 Å². The van der Waals surface area contributed by atoms with Crippen molar-refractivity contribution in [2.24, 2.45) is 0 Å². The van der Waals surface area contributed by atoms with E-state index in [1.807, 2.05) is 0 Å². The van der Waals surface area contributed by atoms with E-state index in [1.165, 1.54) is 0 Å². The van der Waals surface area contributed by atoms with Gasteiger partial charge in [-0.15, -0.1) is 0 Å². The number of hydrogen-bond donors (Lipinski definition) is 2. The highest BCUT2D eigenvalue weighted by molar-refractivity contribution is 7.80. The van der Waals surface area contributed by atoms with Gasteiger partial charge in [-0.25, -0.2) is 0 Å². The van der Waals surface area contributed by atoms with Gasteiger partial charge in [0.15, 0.2) is 0 Å². The van der Waals surface area contributed by atoms with Crippen molar-refractivity contribution in [3.63, 3.8) is 0 Å². The van der Waals surface area contributed by atoms with Crippen LogP contribution >= 0.6 is 12.6 Å². The number of hydrogen-bond acceptors (Lipinski definition) is 2. The molecule has 0 aromatic heterocycles. The molecule has 11 heavy (non-hydrogen) atoms. The van der Waals surface area contributed by atoms with Gasteiger partial charge in [0.1, 0.15) is 0 Å². The Morgan fingerprint density at radius 1 is 1.09 bits per heavy atom. The lowest BCUT2D eigenvalue weighted by Gasteiger charge is -2.03. The zero-order valence-electron chi connectivity index (χ0n) is 5.95. The summed E-state index contributed by atoms with van der Waals surface area (Å²) in [4.78, 5) is 0.686. The van der Waals surface area contributed by atoms with Gasteiger partial charge in [0.05, 0.1) is 13.2 Å². The van der Waals surface area contributed by atoms with Crippen LogP contribution in [0.25, 0.3) is 0 Å². The molecule has 0 amide bonds. The zero-order valence-corrected chi connectivity index (χ0v) is 6.77. The summed E-state index contributed by atoms with van der Waals surface area (Å²) in [5.74, 6) is 0. The number of rotatable bonds is 2. The minimum absolute atomic E-state index is 0.0501. The molecule has 0 aliphatic rings. The minimum atomic E-state index is -0.0691. The van der Waals surface area contributed by atoms with Crippen LogP contribution in [0.15, 0.2) is 23.1 Å². The van der Waals surface area contributed by atoms with Crippen molar-refractivity contribution in [2.75, 3.05) is 0 Å². The second-order valence-corrected chi connectivity index (χ2v) is 2.72. The van der Waals surface area contributed by atoms with Crippen molar-refractivity contribution >= 4 is 12.6 Å². The number of benzene rings is 1. The summed E-state index contributed by atoms with van der Waals surface area (Å²) in [6.45, 7) is -0.119. The van der Waals surface area contributed by atoms with Gasteiger partial charge in [-0.2, -0.15) is 0 Å². The quantitative estimate of drug-likeness (QED) is 0.699. The van der Waals surface area contributed by atoms with E-state index in [0.29, 0.717) is 10.5 Å². The lowest BCUT2D eigenvalue weighted by Crippen LogP contribution is -1.93. The Hall–Kier alpha value is -0.640. The number of aliphatic hydroxyl groups is 2. The maximum Gasteiger partial charge on any atom is 0.0685 e. The molecule has 0 fully saturated rings. The summed E-state index contributed by atoms with van der Waals surface area (Å²) in [7, 11) is 0. The molecule has 0 bridgehead atoms. The monoisotopic (exact) mass is 169 g/mol. The molecule has 0 saturated heterocycles. The van der Waals surface area contributed by atoms with Crippen LogP contribution in [0.1, 0.15) is 11.1 Å². The summed E-state index contributed by atoms with van der Waals surface area (Å²) in [5, 5.41) is 17.6. The molecule has 1 rings (SSSR count). The molecule has 0 heterocycles. The van der Waals surface area contributed by atoms with E-state index in [-0.39, 0.29) is 13.2 Å². The van der Waals surface area contributed by atoms with Gasteiger partial charge in [-0.3, -0.25) is 0 Å². The minimum Gasteiger partial charge on any atom is -0.392 e. The molecule has 0 unspecified atom stereocenters. The predicted molar refractivity (Wildman–Crippen MR) is 44.1 cm³/mol. The molecular weight excluding hydrogens is 160 g/mol. The van der Waals surface area contributed by atoms with Crippen LogP contribution in [0.5, 0.6) is 0 Å². The van der Waals surface area contributed by atoms with Crippen molar-refractivity contribution in [2.45, 2.75) is 18.1 Å². The van der Waals surface area contributed by atoms with Crippen LogP contribution in [0.3, 0.4) is 0 Å². The van der Waals surface area contributed by atoms with E-state index in [9.17, 15) is 0 Å². The first-order valence-electron chi connectivity index (χ1n) is 3.28. The molecule has 0 saturated carbocycles. The lowest BCUT2D eigenvalue weighted by atomic mass is 10.1. The van der Waals surface area contributed by atoms with Crippen LogP contribution in [0, 0.1) is 0 Å². The highest BCUT2D eigenvalue weighted by atomic mass is 32.1. The predicted octanol–water partition coefficient (Wildman–Crippen LogP) is 1.23. The number of aliphatic hydroxyl groups excluding tert-OH is 2. The molecule has 0 aliphatic heterocycles. The SMILES string of the molecule is OCc1ccc([S])cc1CO. The summed E-state index contributed by atoms with van der Waals surface area (Å²) in [6, 6.07) is 5.16. The second kappa shape index (κ2) is 3.67. The summed E-state index contributed by atoms with van der Waals surface area (Å²) in [5.41, 5.74) is 1.45. The van der Waals surface area contributed by atoms with Gasteiger partial charge in [0.2, 0.25) is 0 Å². The lowest BCUT2D eigenvalue weighted by molar-refractivity contribution is 0.259. The first-order chi connectivity index (χ1) is 5.27. The molecule has 3 heteroatoms. The maximum absolute atomic E-state index is 8.82. The van der Waals surface area contributed by atoms with Crippen molar-refractivity contribution in [1.82, 2.24) is 0 Å².